The Morgan fingerprint density at radius 2 is 1.90 bits per heavy atom. The third-order valence-corrected chi connectivity index (χ3v) is 3.22. The van der Waals surface area contributed by atoms with Crippen molar-refractivity contribution in [2.24, 2.45) is 5.73 Å². The van der Waals surface area contributed by atoms with Gasteiger partial charge in [0.1, 0.15) is 0 Å². The second-order valence-electron chi connectivity index (χ2n) is 4.43. The fraction of sp³-hybridized carbons (Fsp3) is 0.133. The van der Waals surface area contributed by atoms with Crippen molar-refractivity contribution < 1.29 is 4.74 Å². The lowest BCUT2D eigenvalue weighted by Crippen LogP contribution is -2.15. The molecular formula is C15H14N4O. The van der Waals surface area contributed by atoms with Gasteiger partial charge in [0, 0.05) is 29.4 Å². The van der Waals surface area contributed by atoms with Crippen LogP contribution in [0.2, 0.25) is 0 Å². The number of aromatic nitrogens is 3. The van der Waals surface area contributed by atoms with E-state index < -0.39 is 0 Å². The lowest BCUT2D eigenvalue weighted by molar-refractivity contribution is 0.390. The minimum Gasteiger partial charge on any atom is -0.480 e. The molecule has 2 heterocycles. The zero-order valence-electron chi connectivity index (χ0n) is 11.0. The van der Waals surface area contributed by atoms with E-state index in [2.05, 4.69) is 15.2 Å². The summed E-state index contributed by atoms with van der Waals surface area (Å²) in [6.07, 6.45) is 3.60. The van der Waals surface area contributed by atoms with Crippen LogP contribution in [0, 0.1) is 0 Å². The molecule has 5 nitrogen and oxygen atoms in total. The van der Waals surface area contributed by atoms with E-state index in [0.717, 1.165) is 16.3 Å². The van der Waals surface area contributed by atoms with Gasteiger partial charge in [-0.2, -0.15) is 0 Å². The second kappa shape index (κ2) is 5.22. The van der Waals surface area contributed by atoms with Gasteiger partial charge in [-0.15, -0.1) is 10.2 Å². The van der Waals surface area contributed by atoms with E-state index in [4.69, 9.17) is 10.5 Å². The highest BCUT2D eigenvalue weighted by atomic mass is 16.5. The first kappa shape index (κ1) is 12.5. The maximum atomic E-state index is 6.29. The largest absolute Gasteiger partial charge is 0.480 e. The van der Waals surface area contributed by atoms with Crippen LogP contribution >= 0.6 is 0 Å². The molecule has 0 aliphatic heterocycles. The molecule has 0 saturated heterocycles. The highest BCUT2D eigenvalue weighted by Gasteiger charge is 2.14. The van der Waals surface area contributed by atoms with E-state index in [1.54, 1.807) is 19.4 Å². The summed E-state index contributed by atoms with van der Waals surface area (Å²) in [5.74, 6) is 0.469. The first-order chi connectivity index (χ1) is 9.79. The van der Waals surface area contributed by atoms with Crippen LogP contribution in [0.15, 0.2) is 48.8 Å². The average Bonchev–Trinajstić information content (AvgIpc) is 2.54. The van der Waals surface area contributed by atoms with Gasteiger partial charge < -0.3 is 10.5 Å². The van der Waals surface area contributed by atoms with Gasteiger partial charge in [-0.3, -0.25) is 4.98 Å². The van der Waals surface area contributed by atoms with Gasteiger partial charge in [0.15, 0.2) is 0 Å². The van der Waals surface area contributed by atoms with Crippen molar-refractivity contribution in [2.45, 2.75) is 6.04 Å². The Kier molecular flexibility index (Phi) is 3.26. The lowest BCUT2D eigenvalue weighted by Gasteiger charge is -2.13. The van der Waals surface area contributed by atoms with Gasteiger partial charge in [0.2, 0.25) is 5.88 Å². The van der Waals surface area contributed by atoms with Crippen molar-refractivity contribution in [3.8, 4) is 5.88 Å². The molecule has 0 saturated carbocycles. The summed E-state index contributed by atoms with van der Waals surface area (Å²) in [7, 11) is 1.55. The summed E-state index contributed by atoms with van der Waals surface area (Å²) in [5.41, 5.74) is 7.91. The Balaban J connectivity index is 2.05. The Bertz CT molecular complexity index is 722. The van der Waals surface area contributed by atoms with Crippen LogP contribution in [0.1, 0.15) is 17.3 Å². The normalized spacial score (nSPS) is 12.3. The number of hydrogen-bond acceptors (Lipinski definition) is 5. The molecule has 0 bridgehead atoms. The standard InChI is InChI=1S/C15H14N4O/c1-20-14-7-6-13(18-19-14)15(16)12-9-17-8-10-4-2-3-5-11(10)12/h2-9,15H,16H2,1H3. The molecule has 0 fully saturated rings. The predicted octanol–water partition coefficient (Wildman–Crippen LogP) is 2.08. The van der Waals surface area contributed by atoms with E-state index in [0.29, 0.717) is 11.6 Å². The summed E-state index contributed by atoms with van der Waals surface area (Å²) in [5, 5.41) is 10.2. The topological polar surface area (TPSA) is 73.9 Å². The number of methoxy groups -OCH3 is 1. The number of nitrogens with zero attached hydrogens (tertiary/aromatic N) is 3. The molecule has 1 unspecified atom stereocenters. The maximum absolute atomic E-state index is 6.29. The van der Waals surface area contributed by atoms with E-state index >= 15 is 0 Å². The zero-order valence-corrected chi connectivity index (χ0v) is 11.0. The number of ether oxygens (including phenoxy) is 1. The van der Waals surface area contributed by atoms with Crippen LogP contribution in [0.3, 0.4) is 0 Å². The van der Waals surface area contributed by atoms with Gasteiger partial charge in [-0.05, 0) is 11.5 Å². The molecule has 2 aromatic heterocycles. The summed E-state index contributed by atoms with van der Waals surface area (Å²) in [6, 6.07) is 11.2. The van der Waals surface area contributed by atoms with Crippen LogP contribution in [0.25, 0.3) is 10.8 Å². The van der Waals surface area contributed by atoms with Gasteiger partial charge in [0.25, 0.3) is 0 Å². The molecule has 0 aliphatic carbocycles. The van der Waals surface area contributed by atoms with Crippen LogP contribution in [-0.4, -0.2) is 22.3 Å². The van der Waals surface area contributed by atoms with Gasteiger partial charge >= 0.3 is 0 Å². The van der Waals surface area contributed by atoms with Gasteiger partial charge in [-0.1, -0.05) is 24.3 Å². The third kappa shape index (κ3) is 2.19. The SMILES string of the molecule is COc1ccc(C(N)c2cncc3ccccc23)nn1. The molecule has 0 spiro atoms. The Hall–Kier alpha value is -2.53. The van der Waals surface area contributed by atoms with E-state index in [-0.39, 0.29) is 6.04 Å². The number of hydrogen-bond donors (Lipinski definition) is 1. The molecule has 1 aromatic carbocycles. The first-order valence-electron chi connectivity index (χ1n) is 6.25. The minimum absolute atomic E-state index is 0.369. The van der Waals surface area contributed by atoms with Gasteiger partial charge in [0.05, 0.1) is 18.8 Å². The van der Waals surface area contributed by atoms with Crippen molar-refractivity contribution >= 4 is 10.8 Å². The Labute approximate surface area is 116 Å². The lowest BCUT2D eigenvalue weighted by atomic mass is 10.00. The van der Waals surface area contributed by atoms with Crippen molar-refractivity contribution in [2.75, 3.05) is 7.11 Å². The Morgan fingerprint density at radius 1 is 1.05 bits per heavy atom. The zero-order chi connectivity index (χ0) is 13.9. The number of nitrogens with two attached hydrogens (primary N) is 1. The summed E-state index contributed by atoms with van der Waals surface area (Å²) < 4.78 is 5.00. The highest BCUT2D eigenvalue weighted by Crippen LogP contribution is 2.25. The molecular weight excluding hydrogens is 252 g/mol. The fourth-order valence-electron chi connectivity index (χ4n) is 2.15. The highest BCUT2D eigenvalue weighted by molar-refractivity contribution is 5.85. The quantitative estimate of drug-likeness (QED) is 0.785. The number of rotatable bonds is 3. The van der Waals surface area contributed by atoms with Gasteiger partial charge in [-0.25, -0.2) is 0 Å². The van der Waals surface area contributed by atoms with Crippen molar-refractivity contribution in [1.82, 2.24) is 15.2 Å². The molecule has 5 heteroatoms. The maximum Gasteiger partial charge on any atom is 0.233 e. The molecule has 0 amide bonds. The molecule has 0 radical (unpaired) electrons. The van der Waals surface area contributed by atoms with Crippen molar-refractivity contribution in [3.05, 3.63) is 60.0 Å². The van der Waals surface area contributed by atoms with E-state index in [9.17, 15) is 0 Å². The van der Waals surface area contributed by atoms with Crippen LogP contribution in [-0.2, 0) is 0 Å². The third-order valence-electron chi connectivity index (χ3n) is 3.22. The van der Waals surface area contributed by atoms with Crippen LogP contribution in [0.4, 0.5) is 0 Å². The number of benzene rings is 1. The molecule has 1 atom stereocenters. The van der Waals surface area contributed by atoms with Crippen LogP contribution < -0.4 is 10.5 Å². The molecule has 100 valence electrons. The van der Waals surface area contributed by atoms with E-state index in [1.807, 2.05) is 36.5 Å². The second-order valence-corrected chi connectivity index (χ2v) is 4.43. The fourth-order valence-corrected chi connectivity index (χ4v) is 2.15. The summed E-state index contributed by atoms with van der Waals surface area (Å²) in [6.45, 7) is 0. The summed E-state index contributed by atoms with van der Waals surface area (Å²) in [4.78, 5) is 4.24. The number of fused-ring (bicyclic) bond motifs is 1. The van der Waals surface area contributed by atoms with Crippen LogP contribution in [0.5, 0.6) is 5.88 Å². The first-order valence-corrected chi connectivity index (χ1v) is 6.25. The molecule has 0 aliphatic rings. The monoisotopic (exact) mass is 266 g/mol. The Morgan fingerprint density at radius 3 is 2.65 bits per heavy atom. The molecule has 20 heavy (non-hydrogen) atoms. The summed E-state index contributed by atoms with van der Waals surface area (Å²) >= 11 is 0. The van der Waals surface area contributed by atoms with Crippen molar-refractivity contribution in [3.63, 3.8) is 0 Å². The predicted molar refractivity (Wildman–Crippen MR) is 76.4 cm³/mol. The minimum atomic E-state index is -0.369. The number of pyridine rings is 1. The molecule has 2 N–H and O–H groups in total. The van der Waals surface area contributed by atoms with E-state index in [1.165, 1.54) is 0 Å². The average molecular weight is 266 g/mol. The molecule has 3 aromatic rings. The van der Waals surface area contributed by atoms with Crippen molar-refractivity contribution in [1.29, 1.82) is 0 Å². The smallest absolute Gasteiger partial charge is 0.233 e. The molecule has 3 rings (SSSR count).